The van der Waals surface area contributed by atoms with Crippen molar-refractivity contribution < 1.29 is 13.2 Å². The number of benzene rings is 1. The Bertz CT molecular complexity index is 593. The lowest BCUT2D eigenvalue weighted by Crippen LogP contribution is -2.41. The van der Waals surface area contributed by atoms with Gasteiger partial charge in [0.15, 0.2) is 0 Å². The molecule has 1 aromatic rings. The molecule has 1 aliphatic rings. The van der Waals surface area contributed by atoms with Gasteiger partial charge in [0.1, 0.15) is 0 Å². The smallest absolute Gasteiger partial charge is 0.238 e. The molecule has 20 heavy (non-hydrogen) atoms. The first-order valence-electron chi connectivity index (χ1n) is 6.53. The molecular weight excluding hydrogens is 278 g/mol. The van der Waals surface area contributed by atoms with Crippen molar-refractivity contribution in [2.75, 3.05) is 11.9 Å². The number of sulfonamides is 1. The Morgan fingerprint density at radius 2 is 2.15 bits per heavy atom. The van der Waals surface area contributed by atoms with Crippen LogP contribution in [0.1, 0.15) is 19.8 Å². The molecule has 1 amide bonds. The Balaban J connectivity index is 2.05. The van der Waals surface area contributed by atoms with Crippen LogP contribution in [-0.2, 0) is 14.8 Å². The number of nitrogens with two attached hydrogens (primary N) is 1. The number of rotatable bonds is 3. The largest absolute Gasteiger partial charge is 0.326 e. The first-order chi connectivity index (χ1) is 9.36. The molecule has 0 aromatic heterocycles. The lowest BCUT2D eigenvalue weighted by Gasteiger charge is -2.26. The maximum Gasteiger partial charge on any atom is 0.238 e. The minimum atomic E-state index is -3.76. The Labute approximate surface area is 118 Å². The van der Waals surface area contributed by atoms with Gasteiger partial charge >= 0.3 is 0 Å². The van der Waals surface area contributed by atoms with Gasteiger partial charge in [-0.2, -0.15) is 0 Å². The van der Waals surface area contributed by atoms with E-state index in [1.54, 1.807) is 12.1 Å². The monoisotopic (exact) mass is 297 g/mol. The van der Waals surface area contributed by atoms with Gasteiger partial charge in [0, 0.05) is 18.3 Å². The first-order valence-corrected chi connectivity index (χ1v) is 8.08. The highest BCUT2D eigenvalue weighted by Gasteiger charge is 2.24. The van der Waals surface area contributed by atoms with Crippen LogP contribution >= 0.6 is 0 Å². The zero-order chi connectivity index (χ0) is 14.8. The van der Waals surface area contributed by atoms with Crippen LogP contribution in [0.3, 0.4) is 0 Å². The summed E-state index contributed by atoms with van der Waals surface area (Å²) < 4.78 is 22.5. The lowest BCUT2D eigenvalue weighted by molar-refractivity contribution is -0.120. The summed E-state index contributed by atoms with van der Waals surface area (Å²) in [6.07, 6.45) is 1.78. The molecular formula is C13H19N3O3S. The standard InChI is InChI=1S/C13H19N3O3S/c1-9-5-6-10(8-15-9)13(17)16-11-3-2-4-12(7-11)20(14,18)19/h2-4,7,9-10,15H,5-6,8H2,1H3,(H,16,17)(H2,14,18,19). The zero-order valence-electron chi connectivity index (χ0n) is 11.3. The molecule has 1 heterocycles. The van der Waals surface area contributed by atoms with E-state index in [1.165, 1.54) is 12.1 Å². The van der Waals surface area contributed by atoms with Crippen LogP contribution in [0, 0.1) is 5.92 Å². The topological polar surface area (TPSA) is 101 Å². The molecule has 0 radical (unpaired) electrons. The molecule has 2 atom stereocenters. The third-order valence-corrected chi connectivity index (χ3v) is 4.37. The third kappa shape index (κ3) is 3.78. The summed E-state index contributed by atoms with van der Waals surface area (Å²) in [6, 6.07) is 6.40. The van der Waals surface area contributed by atoms with E-state index >= 15 is 0 Å². The number of amides is 1. The normalized spacial score (nSPS) is 23.3. The number of carbonyl (C=O) groups excluding carboxylic acids is 1. The molecule has 110 valence electrons. The Kier molecular flexibility index (Phi) is 4.42. The van der Waals surface area contributed by atoms with E-state index in [0.717, 1.165) is 12.8 Å². The maximum atomic E-state index is 12.1. The van der Waals surface area contributed by atoms with Crippen molar-refractivity contribution in [3.8, 4) is 0 Å². The number of hydrogen-bond donors (Lipinski definition) is 3. The maximum absolute atomic E-state index is 12.1. The molecule has 0 bridgehead atoms. The molecule has 2 rings (SSSR count). The van der Waals surface area contributed by atoms with Gasteiger partial charge in [-0.25, -0.2) is 13.6 Å². The minimum absolute atomic E-state index is 0.00862. The summed E-state index contributed by atoms with van der Waals surface area (Å²) in [5.41, 5.74) is 0.445. The van der Waals surface area contributed by atoms with Crippen LogP contribution < -0.4 is 15.8 Å². The second-order valence-corrected chi connectivity index (χ2v) is 6.71. The quantitative estimate of drug-likeness (QED) is 0.763. The van der Waals surface area contributed by atoms with Gasteiger partial charge in [0.2, 0.25) is 15.9 Å². The molecule has 6 nitrogen and oxygen atoms in total. The van der Waals surface area contributed by atoms with E-state index in [9.17, 15) is 13.2 Å². The number of nitrogens with one attached hydrogen (secondary N) is 2. The Morgan fingerprint density at radius 1 is 1.40 bits per heavy atom. The summed E-state index contributed by atoms with van der Waals surface area (Å²) in [5, 5.41) is 11.1. The first kappa shape index (κ1) is 15.0. The fraction of sp³-hybridized carbons (Fsp3) is 0.462. The second-order valence-electron chi connectivity index (χ2n) is 5.15. The molecule has 0 aliphatic carbocycles. The molecule has 1 aliphatic heterocycles. The second kappa shape index (κ2) is 5.90. The van der Waals surface area contributed by atoms with Crippen molar-refractivity contribution in [2.45, 2.75) is 30.7 Å². The van der Waals surface area contributed by atoms with Crippen molar-refractivity contribution in [3.05, 3.63) is 24.3 Å². The molecule has 2 unspecified atom stereocenters. The summed E-state index contributed by atoms with van der Waals surface area (Å²) in [7, 11) is -3.76. The molecule has 7 heteroatoms. The van der Waals surface area contributed by atoms with Gasteiger partial charge < -0.3 is 10.6 Å². The van der Waals surface area contributed by atoms with Crippen LogP contribution in [-0.4, -0.2) is 26.9 Å². The SMILES string of the molecule is CC1CCC(C(=O)Nc2cccc(S(N)(=O)=O)c2)CN1. The fourth-order valence-electron chi connectivity index (χ4n) is 2.22. The van der Waals surface area contributed by atoms with Gasteiger partial charge in [-0.05, 0) is 38.0 Å². The van der Waals surface area contributed by atoms with Crippen molar-refractivity contribution in [3.63, 3.8) is 0 Å². The van der Waals surface area contributed by atoms with Gasteiger partial charge in [-0.3, -0.25) is 4.79 Å². The van der Waals surface area contributed by atoms with Gasteiger partial charge in [-0.1, -0.05) is 6.07 Å². The summed E-state index contributed by atoms with van der Waals surface area (Å²) in [4.78, 5) is 12.1. The number of primary sulfonamides is 1. The molecule has 1 aromatic carbocycles. The van der Waals surface area contributed by atoms with Crippen LogP contribution in [0.25, 0.3) is 0 Å². The molecule has 0 saturated carbocycles. The summed E-state index contributed by atoms with van der Waals surface area (Å²) in [5.74, 6) is -0.194. The molecule has 4 N–H and O–H groups in total. The average molecular weight is 297 g/mol. The summed E-state index contributed by atoms with van der Waals surface area (Å²) >= 11 is 0. The van der Waals surface area contributed by atoms with Gasteiger partial charge in [0.25, 0.3) is 0 Å². The molecule has 1 fully saturated rings. The van der Waals surface area contributed by atoms with Crippen LogP contribution in [0.15, 0.2) is 29.2 Å². The predicted octanol–water partition coefficient (Wildman–Crippen LogP) is 0.661. The highest BCUT2D eigenvalue weighted by atomic mass is 32.2. The average Bonchev–Trinajstić information content (AvgIpc) is 2.38. The van der Waals surface area contributed by atoms with E-state index in [2.05, 4.69) is 17.6 Å². The summed E-state index contributed by atoms with van der Waals surface area (Å²) in [6.45, 7) is 2.73. The number of piperidine rings is 1. The lowest BCUT2D eigenvalue weighted by atomic mass is 9.95. The fourth-order valence-corrected chi connectivity index (χ4v) is 2.78. The number of anilines is 1. The van der Waals surface area contributed by atoms with Crippen molar-refractivity contribution in [1.82, 2.24) is 5.32 Å². The van der Waals surface area contributed by atoms with E-state index in [0.29, 0.717) is 18.3 Å². The highest BCUT2D eigenvalue weighted by Crippen LogP contribution is 2.18. The van der Waals surface area contributed by atoms with Crippen LogP contribution in [0.4, 0.5) is 5.69 Å². The molecule has 1 saturated heterocycles. The van der Waals surface area contributed by atoms with E-state index < -0.39 is 10.0 Å². The number of hydrogen-bond acceptors (Lipinski definition) is 4. The third-order valence-electron chi connectivity index (χ3n) is 3.46. The van der Waals surface area contributed by atoms with E-state index in [1.807, 2.05) is 0 Å². The van der Waals surface area contributed by atoms with Crippen LogP contribution in [0.5, 0.6) is 0 Å². The van der Waals surface area contributed by atoms with E-state index in [-0.39, 0.29) is 16.7 Å². The van der Waals surface area contributed by atoms with Crippen molar-refractivity contribution in [2.24, 2.45) is 11.1 Å². The Hall–Kier alpha value is -1.44. The van der Waals surface area contributed by atoms with Crippen molar-refractivity contribution >= 4 is 21.6 Å². The predicted molar refractivity (Wildman–Crippen MR) is 76.6 cm³/mol. The van der Waals surface area contributed by atoms with Gasteiger partial charge in [-0.15, -0.1) is 0 Å². The van der Waals surface area contributed by atoms with E-state index in [4.69, 9.17) is 5.14 Å². The Morgan fingerprint density at radius 3 is 2.75 bits per heavy atom. The zero-order valence-corrected chi connectivity index (χ0v) is 12.1. The minimum Gasteiger partial charge on any atom is -0.326 e. The van der Waals surface area contributed by atoms with Crippen LogP contribution in [0.2, 0.25) is 0 Å². The molecule has 0 spiro atoms. The number of carbonyl (C=O) groups is 1. The van der Waals surface area contributed by atoms with Gasteiger partial charge in [0.05, 0.1) is 10.8 Å². The highest BCUT2D eigenvalue weighted by molar-refractivity contribution is 7.89. The van der Waals surface area contributed by atoms with Crippen molar-refractivity contribution in [1.29, 1.82) is 0 Å².